The molecule has 1 saturated heterocycles. The Morgan fingerprint density at radius 3 is 2.47 bits per heavy atom. The third kappa shape index (κ3) is 3.42. The molecule has 7 nitrogen and oxygen atoms in total. The molecule has 0 spiro atoms. The van der Waals surface area contributed by atoms with Crippen LogP contribution in [-0.4, -0.2) is 44.9 Å². The zero-order valence-electron chi connectivity index (χ0n) is 17.0. The van der Waals surface area contributed by atoms with Crippen molar-refractivity contribution in [2.75, 3.05) is 35.4 Å². The van der Waals surface area contributed by atoms with Crippen LogP contribution in [-0.2, 0) is 10.0 Å². The SMILES string of the molecule is N#Cc1ccc(-c2cncc3c2OCCN3S(=O)(=O)C2CN(c3ccc(F)cc3)C2)cc1. The molecule has 3 heterocycles. The van der Waals surface area contributed by atoms with Crippen LogP contribution in [0, 0.1) is 17.1 Å². The number of ether oxygens (including phenoxy) is 1. The highest BCUT2D eigenvalue weighted by atomic mass is 32.2. The molecule has 0 N–H and O–H groups in total. The van der Waals surface area contributed by atoms with Crippen molar-refractivity contribution < 1.29 is 17.5 Å². The van der Waals surface area contributed by atoms with Gasteiger partial charge in [0.2, 0.25) is 10.0 Å². The maximum Gasteiger partial charge on any atom is 0.241 e. The van der Waals surface area contributed by atoms with Crippen LogP contribution in [0.25, 0.3) is 11.1 Å². The minimum atomic E-state index is -3.64. The molecular formula is C23H19FN4O3S. The molecule has 2 aliphatic rings. The van der Waals surface area contributed by atoms with Gasteiger partial charge >= 0.3 is 0 Å². The van der Waals surface area contributed by atoms with Crippen LogP contribution in [0.2, 0.25) is 0 Å². The van der Waals surface area contributed by atoms with Crippen molar-refractivity contribution in [1.29, 1.82) is 5.26 Å². The monoisotopic (exact) mass is 450 g/mol. The van der Waals surface area contributed by atoms with Crippen LogP contribution in [0.3, 0.4) is 0 Å². The van der Waals surface area contributed by atoms with Gasteiger partial charge < -0.3 is 9.64 Å². The molecule has 0 amide bonds. The number of rotatable bonds is 4. The number of sulfonamides is 1. The van der Waals surface area contributed by atoms with Crippen molar-refractivity contribution in [3.63, 3.8) is 0 Å². The number of benzene rings is 2. The standard InChI is InChI=1S/C23H19FN4O3S/c24-18-5-7-19(8-6-18)27-14-20(15-27)32(29,30)28-9-10-31-23-21(12-26-13-22(23)28)17-3-1-16(11-25)2-4-17/h1-8,12-13,20H,9-10,14-15H2. The van der Waals surface area contributed by atoms with E-state index in [0.29, 0.717) is 35.7 Å². The Labute approximate surface area is 185 Å². The third-order valence-electron chi connectivity index (χ3n) is 5.78. The number of hydrogen-bond donors (Lipinski definition) is 0. The minimum absolute atomic E-state index is 0.209. The van der Waals surface area contributed by atoms with Crippen LogP contribution < -0.4 is 13.9 Å². The maximum absolute atomic E-state index is 13.4. The number of halogens is 1. The molecule has 0 aliphatic carbocycles. The van der Waals surface area contributed by atoms with Gasteiger partial charge in [0.05, 0.1) is 24.4 Å². The molecule has 2 aliphatic heterocycles. The van der Waals surface area contributed by atoms with Gasteiger partial charge in [0.15, 0.2) is 5.75 Å². The minimum Gasteiger partial charge on any atom is -0.489 e. The Balaban J connectivity index is 1.41. The molecule has 0 unspecified atom stereocenters. The van der Waals surface area contributed by atoms with Crippen molar-refractivity contribution in [2.24, 2.45) is 0 Å². The first-order chi connectivity index (χ1) is 15.5. The van der Waals surface area contributed by atoms with Gasteiger partial charge in [-0.05, 0) is 42.0 Å². The summed E-state index contributed by atoms with van der Waals surface area (Å²) in [5.41, 5.74) is 3.21. The summed E-state index contributed by atoms with van der Waals surface area (Å²) in [7, 11) is -3.64. The molecule has 5 rings (SSSR count). The summed E-state index contributed by atoms with van der Waals surface area (Å²) in [6.07, 6.45) is 3.14. The first kappa shape index (κ1) is 20.3. The van der Waals surface area contributed by atoms with Gasteiger partial charge in [0.1, 0.15) is 23.4 Å². The maximum atomic E-state index is 13.4. The lowest BCUT2D eigenvalue weighted by Crippen LogP contribution is -2.59. The zero-order valence-corrected chi connectivity index (χ0v) is 17.8. The number of fused-ring (bicyclic) bond motifs is 1. The summed E-state index contributed by atoms with van der Waals surface area (Å²) in [6, 6.07) is 15.1. The number of aromatic nitrogens is 1. The molecular weight excluding hydrogens is 431 g/mol. The fourth-order valence-electron chi connectivity index (χ4n) is 3.98. The van der Waals surface area contributed by atoms with Crippen LogP contribution in [0.15, 0.2) is 60.9 Å². The molecule has 3 aromatic rings. The summed E-state index contributed by atoms with van der Waals surface area (Å²) in [5, 5.41) is 8.45. The Bertz CT molecular complexity index is 1300. The first-order valence-electron chi connectivity index (χ1n) is 10.1. The molecule has 0 bridgehead atoms. The second kappa shape index (κ2) is 7.80. The summed E-state index contributed by atoms with van der Waals surface area (Å²) in [4.78, 5) is 6.17. The van der Waals surface area contributed by atoms with Gasteiger partial charge in [-0.1, -0.05) is 12.1 Å². The highest BCUT2D eigenvalue weighted by molar-refractivity contribution is 7.93. The number of nitrogens with zero attached hydrogens (tertiary/aromatic N) is 4. The molecule has 2 aromatic carbocycles. The molecule has 32 heavy (non-hydrogen) atoms. The number of hydrogen-bond acceptors (Lipinski definition) is 6. The van der Waals surface area contributed by atoms with E-state index in [1.54, 1.807) is 42.6 Å². The Morgan fingerprint density at radius 2 is 1.78 bits per heavy atom. The van der Waals surface area contributed by atoms with E-state index in [1.807, 2.05) is 4.90 Å². The Morgan fingerprint density at radius 1 is 1.06 bits per heavy atom. The second-order valence-corrected chi connectivity index (χ2v) is 9.83. The van der Waals surface area contributed by atoms with Gasteiger partial charge in [-0.3, -0.25) is 9.29 Å². The normalized spacial score (nSPS) is 16.0. The fourth-order valence-corrected chi connectivity index (χ4v) is 5.81. The topological polar surface area (TPSA) is 86.5 Å². The lowest BCUT2D eigenvalue weighted by Gasteiger charge is -2.43. The third-order valence-corrected chi connectivity index (χ3v) is 7.91. The Hall–Kier alpha value is -3.64. The van der Waals surface area contributed by atoms with E-state index in [9.17, 15) is 12.8 Å². The van der Waals surface area contributed by atoms with E-state index in [-0.39, 0.29) is 19.0 Å². The molecule has 1 fully saturated rings. The summed E-state index contributed by atoms with van der Waals surface area (Å²) >= 11 is 0. The van der Waals surface area contributed by atoms with Gasteiger partial charge in [-0.15, -0.1) is 0 Å². The largest absolute Gasteiger partial charge is 0.489 e. The number of nitriles is 1. The van der Waals surface area contributed by atoms with E-state index < -0.39 is 15.3 Å². The smallest absolute Gasteiger partial charge is 0.241 e. The van der Waals surface area contributed by atoms with Crippen LogP contribution >= 0.6 is 0 Å². The van der Waals surface area contributed by atoms with E-state index in [1.165, 1.54) is 22.6 Å². The molecule has 0 radical (unpaired) electrons. The molecule has 162 valence electrons. The summed E-state index contributed by atoms with van der Waals surface area (Å²) in [5.74, 6) is 0.142. The fraction of sp³-hybridized carbons (Fsp3) is 0.217. The molecule has 0 atom stereocenters. The molecule has 1 aromatic heterocycles. The summed E-state index contributed by atoms with van der Waals surface area (Å²) in [6.45, 7) is 1.11. The second-order valence-electron chi connectivity index (χ2n) is 7.69. The van der Waals surface area contributed by atoms with E-state index in [4.69, 9.17) is 10.00 Å². The van der Waals surface area contributed by atoms with Crippen molar-refractivity contribution in [3.8, 4) is 22.9 Å². The lowest BCUT2D eigenvalue weighted by molar-refractivity contribution is 0.316. The van der Waals surface area contributed by atoms with Gasteiger partial charge in [-0.2, -0.15) is 5.26 Å². The lowest BCUT2D eigenvalue weighted by atomic mass is 10.0. The average molecular weight is 450 g/mol. The number of anilines is 2. The van der Waals surface area contributed by atoms with Crippen LogP contribution in [0.4, 0.5) is 15.8 Å². The van der Waals surface area contributed by atoms with Crippen molar-refractivity contribution in [2.45, 2.75) is 5.25 Å². The van der Waals surface area contributed by atoms with Crippen molar-refractivity contribution in [3.05, 3.63) is 72.3 Å². The highest BCUT2D eigenvalue weighted by Gasteiger charge is 2.43. The predicted octanol–water partition coefficient (Wildman–Crippen LogP) is 3.18. The Kier molecular flexibility index (Phi) is 4.94. The van der Waals surface area contributed by atoms with Gasteiger partial charge in [0.25, 0.3) is 0 Å². The van der Waals surface area contributed by atoms with Crippen molar-refractivity contribution in [1.82, 2.24) is 4.98 Å². The molecule has 9 heteroatoms. The van der Waals surface area contributed by atoms with Crippen LogP contribution in [0.1, 0.15) is 5.56 Å². The predicted molar refractivity (Wildman–Crippen MR) is 119 cm³/mol. The van der Waals surface area contributed by atoms with E-state index in [2.05, 4.69) is 11.1 Å². The van der Waals surface area contributed by atoms with Crippen molar-refractivity contribution >= 4 is 21.4 Å². The van der Waals surface area contributed by atoms with Gasteiger partial charge in [0, 0.05) is 30.5 Å². The summed E-state index contributed by atoms with van der Waals surface area (Å²) < 4.78 is 47.2. The van der Waals surface area contributed by atoms with E-state index >= 15 is 0 Å². The van der Waals surface area contributed by atoms with Gasteiger partial charge in [-0.25, -0.2) is 12.8 Å². The molecule has 0 saturated carbocycles. The average Bonchev–Trinajstić information content (AvgIpc) is 2.78. The number of pyridine rings is 1. The van der Waals surface area contributed by atoms with E-state index in [0.717, 1.165) is 11.3 Å². The quantitative estimate of drug-likeness (QED) is 0.607. The zero-order chi connectivity index (χ0) is 22.3. The van der Waals surface area contributed by atoms with Crippen LogP contribution in [0.5, 0.6) is 5.75 Å². The highest BCUT2D eigenvalue weighted by Crippen LogP contribution is 2.42. The first-order valence-corrected chi connectivity index (χ1v) is 11.6.